The van der Waals surface area contributed by atoms with Gasteiger partial charge in [0.1, 0.15) is 10.6 Å². The van der Waals surface area contributed by atoms with Gasteiger partial charge in [0.25, 0.3) is 0 Å². The highest BCUT2D eigenvalue weighted by Crippen LogP contribution is 2.27. The molecule has 1 unspecified atom stereocenters. The average molecular weight is 285 g/mol. The van der Waals surface area contributed by atoms with Crippen LogP contribution in [0.15, 0.2) is 29.2 Å². The molecule has 1 aliphatic heterocycles. The molecule has 0 aliphatic carbocycles. The third-order valence-electron chi connectivity index (χ3n) is 3.23. The maximum absolute atomic E-state index is 12.5. The molecule has 0 radical (unpaired) electrons. The van der Waals surface area contributed by atoms with Gasteiger partial charge >= 0.3 is 0 Å². The van der Waals surface area contributed by atoms with Crippen molar-refractivity contribution in [2.45, 2.75) is 30.8 Å². The molecular weight excluding hydrogens is 266 g/mol. The molecular formula is C13H19NO4S. The fourth-order valence-electron chi connectivity index (χ4n) is 2.31. The van der Waals surface area contributed by atoms with E-state index in [4.69, 9.17) is 4.74 Å². The molecule has 0 bridgehead atoms. The number of para-hydroxylation sites is 1. The summed E-state index contributed by atoms with van der Waals surface area (Å²) in [5.41, 5.74) is 0. The molecule has 1 N–H and O–H groups in total. The van der Waals surface area contributed by atoms with Crippen molar-refractivity contribution >= 4 is 10.0 Å². The Balaban J connectivity index is 2.22. The summed E-state index contributed by atoms with van der Waals surface area (Å²) in [6, 6.07) is 6.02. The fraction of sp³-hybridized carbons (Fsp3) is 0.538. The van der Waals surface area contributed by atoms with E-state index in [1.807, 2.05) is 6.92 Å². The number of hydrogen-bond acceptors (Lipinski definition) is 4. The Morgan fingerprint density at radius 3 is 2.84 bits per heavy atom. The summed E-state index contributed by atoms with van der Waals surface area (Å²) in [5, 5.41) is 9.71. The number of phenols is 1. The van der Waals surface area contributed by atoms with Crippen LogP contribution in [0.4, 0.5) is 0 Å². The Morgan fingerprint density at radius 2 is 2.16 bits per heavy atom. The molecule has 1 fully saturated rings. The summed E-state index contributed by atoms with van der Waals surface area (Å²) < 4.78 is 31.8. The second kappa shape index (κ2) is 5.90. The van der Waals surface area contributed by atoms with Crippen molar-refractivity contribution in [1.82, 2.24) is 4.31 Å². The van der Waals surface area contributed by atoms with E-state index in [-0.39, 0.29) is 16.7 Å². The van der Waals surface area contributed by atoms with Crippen molar-refractivity contribution in [3.8, 4) is 5.75 Å². The molecule has 106 valence electrons. The molecule has 1 aromatic carbocycles. The van der Waals surface area contributed by atoms with E-state index in [1.54, 1.807) is 12.1 Å². The first-order chi connectivity index (χ1) is 9.05. The Hall–Kier alpha value is -1.11. The lowest BCUT2D eigenvalue weighted by Crippen LogP contribution is -2.43. The summed E-state index contributed by atoms with van der Waals surface area (Å²) in [5.74, 6) is -0.207. The normalized spacial score (nSPS) is 21.4. The van der Waals surface area contributed by atoms with Crippen molar-refractivity contribution in [1.29, 1.82) is 0 Å². The molecule has 0 saturated carbocycles. The first-order valence-electron chi connectivity index (χ1n) is 6.45. The first-order valence-corrected chi connectivity index (χ1v) is 7.89. The number of rotatable bonds is 4. The number of piperidine rings is 1. The molecule has 1 aromatic rings. The van der Waals surface area contributed by atoms with Crippen molar-refractivity contribution < 1.29 is 18.3 Å². The fourth-order valence-corrected chi connectivity index (χ4v) is 3.90. The molecule has 0 spiro atoms. The largest absolute Gasteiger partial charge is 0.507 e. The predicted molar refractivity (Wildman–Crippen MR) is 71.5 cm³/mol. The summed E-state index contributed by atoms with van der Waals surface area (Å²) in [4.78, 5) is -0.0350. The number of phenolic OH excluding ortho intramolecular Hbond substituents is 1. The predicted octanol–water partition coefficient (Wildman–Crippen LogP) is 1.58. The van der Waals surface area contributed by atoms with Gasteiger partial charge in [0.15, 0.2) is 0 Å². The van der Waals surface area contributed by atoms with E-state index in [9.17, 15) is 13.5 Å². The highest BCUT2D eigenvalue weighted by atomic mass is 32.2. The molecule has 19 heavy (non-hydrogen) atoms. The summed E-state index contributed by atoms with van der Waals surface area (Å²) >= 11 is 0. The van der Waals surface area contributed by atoms with Gasteiger partial charge < -0.3 is 9.84 Å². The average Bonchev–Trinajstić information content (AvgIpc) is 2.40. The van der Waals surface area contributed by atoms with E-state index in [0.29, 0.717) is 19.7 Å². The van der Waals surface area contributed by atoms with Crippen molar-refractivity contribution in [3.05, 3.63) is 24.3 Å². The van der Waals surface area contributed by atoms with E-state index in [1.165, 1.54) is 16.4 Å². The number of benzene rings is 1. The van der Waals surface area contributed by atoms with Crippen LogP contribution in [-0.2, 0) is 14.8 Å². The number of nitrogens with zero attached hydrogens (tertiary/aromatic N) is 1. The molecule has 1 atom stereocenters. The minimum atomic E-state index is -3.64. The van der Waals surface area contributed by atoms with Crippen LogP contribution >= 0.6 is 0 Å². The Kier molecular flexibility index (Phi) is 4.44. The van der Waals surface area contributed by atoms with Crippen LogP contribution in [0.25, 0.3) is 0 Å². The lowest BCUT2D eigenvalue weighted by molar-refractivity contribution is 0.0264. The maximum atomic E-state index is 12.5. The Morgan fingerprint density at radius 1 is 1.42 bits per heavy atom. The van der Waals surface area contributed by atoms with E-state index >= 15 is 0 Å². The monoisotopic (exact) mass is 285 g/mol. The van der Waals surface area contributed by atoms with Crippen LogP contribution in [0.2, 0.25) is 0 Å². The lowest BCUT2D eigenvalue weighted by atomic mass is 10.1. The minimum absolute atomic E-state index is 0.0350. The highest BCUT2D eigenvalue weighted by molar-refractivity contribution is 7.89. The third-order valence-corrected chi connectivity index (χ3v) is 5.14. The number of ether oxygens (including phenoxy) is 1. The molecule has 1 aliphatic rings. The van der Waals surface area contributed by atoms with Gasteiger partial charge in [-0.05, 0) is 31.9 Å². The zero-order valence-corrected chi connectivity index (χ0v) is 11.8. The van der Waals surface area contributed by atoms with Gasteiger partial charge in [0.2, 0.25) is 10.0 Å². The molecule has 5 nitrogen and oxygen atoms in total. The van der Waals surface area contributed by atoms with E-state index < -0.39 is 10.0 Å². The van der Waals surface area contributed by atoms with E-state index in [2.05, 4.69) is 0 Å². The van der Waals surface area contributed by atoms with Crippen LogP contribution in [0.5, 0.6) is 5.75 Å². The molecule has 1 saturated heterocycles. The second-order valence-corrected chi connectivity index (χ2v) is 6.46. The van der Waals surface area contributed by atoms with Crippen LogP contribution < -0.4 is 0 Å². The minimum Gasteiger partial charge on any atom is -0.507 e. The molecule has 1 heterocycles. The molecule has 2 rings (SSSR count). The quantitative estimate of drug-likeness (QED) is 0.912. The molecule has 0 aromatic heterocycles. The van der Waals surface area contributed by atoms with Crippen LogP contribution in [0.3, 0.4) is 0 Å². The van der Waals surface area contributed by atoms with Gasteiger partial charge in [-0.25, -0.2) is 8.42 Å². The zero-order valence-electron chi connectivity index (χ0n) is 10.9. The molecule has 0 amide bonds. The van der Waals surface area contributed by atoms with Crippen molar-refractivity contribution in [2.24, 2.45) is 0 Å². The van der Waals surface area contributed by atoms with Crippen LogP contribution in [-0.4, -0.2) is 43.6 Å². The standard InChI is InChI=1S/C13H19NO4S/c1-2-18-11-6-5-9-14(10-11)19(16,17)13-8-4-3-7-12(13)15/h3-4,7-8,11,15H,2,5-6,9-10H2,1H3. The maximum Gasteiger partial charge on any atom is 0.246 e. The first kappa shape index (κ1) is 14.3. The number of hydrogen-bond donors (Lipinski definition) is 1. The Bertz CT molecular complexity index is 527. The van der Waals surface area contributed by atoms with Gasteiger partial charge in [-0.3, -0.25) is 0 Å². The topological polar surface area (TPSA) is 66.8 Å². The van der Waals surface area contributed by atoms with E-state index in [0.717, 1.165) is 12.8 Å². The third kappa shape index (κ3) is 3.08. The summed E-state index contributed by atoms with van der Waals surface area (Å²) in [6.45, 7) is 3.30. The van der Waals surface area contributed by atoms with Crippen LogP contribution in [0, 0.1) is 0 Å². The SMILES string of the molecule is CCOC1CCCN(S(=O)(=O)c2ccccc2O)C1. The van der Waals surface area contributed by atoms with Gasteiger partial charge in [-0.1, -0.05) is 12.1 Å². The van der Waals surface area contributed by atoms with Crippen molar-refractivity contribution in [2.75, 3.05) is 19.7 Å². The van der Waals surface area contributed by atoms with Crippen molar-refractivity contribution in [3.63, 3.8) is 0 Å². The highest BCUT2D eigenvalue weighted by Gasteiger charge is 2.31. The van der Waals surface area contributed by atoms with Gasteiger partial charge in [0, 0.05) is 19.7 Å². The Labute approximate surface area is 113 Å². The number of sulfonamides is 1. The lowest BCUT2D eigenvalue weighted by Gasteiger charge is -2.31. The van der Waals surface area contributed by atoms with Gasteiger partial charge in [-0.15, -0.1) is 0 Å². The van der Waals surface area contributed by atoms with Gasteiger partial charge in [0.05, 0.1) is 6.10 Å². The zero-order chi connectivity index (χ0) is 13.9. The van der Waals surface area contributed by atoms with Crippen LogP contribution in [0.1, 0.15) is 19.8 Å². The molecule has 6 heteroatoms. The summed E-state index contributed by atoms with van der Waals surface area (Å²) in [6.07, 6.45) is 1.59. The number of aromatic hydroxyl groups is 1. The second-order valence-electron chi connectivity index (χ2n) is 4.55. The summed E-state index contributed by atoms with van der Waals surface area (Å²) in [7, 11) is -3.64. The smallest absolute Gasteiger partial charge is 0.246 e. The van der Waals surface area contributed by atoms with Gasteiger partial charge in [-0.2, -0.15) is 4.31 Å².